The van der Waals surface area contributed by atoms with Gasteiger partial charge in [0.1, 0.15) is 0 Å². The summed E-state index contributed by atoms with van der Waals surface area (Å²) >= 11 is 0. The van der Waals surface area contributed by atoms with Gasteiger partial charge >= 0.3 is 0 Å². The summed E-state index contributed by atoms with van der Waals surface area (Å²) in [5, 5.41) is 0.949. The van der Waals surface area contributed by atoms with Crippen molar-refractivity contribution < 1.29 is 9.59 Å². The van der Waals surface area contributed by atoms with Gasteiger partial charge in [-0.1, -0.05) is 18.2 Å². The van der Waals surface area contributed by atoms with Crippen LogP contribution in [0.15, 0.2) is 48.8 Å². The van der Waals surface area contributed by atoms with Crippen LogP contribution in [0.1, 0.15) is 26.4 Å². The van der Waals surface area contributed by atoms with Gasteiger partial charge in [0.25, 0.3) is 11.8 Å². The monoisotopic (exact) mass is 348 g/mol. The Kier molecular flexibility index (Phi) is 4.16. The Bertz CT molecular complexity index is 956. The molecule has 0 saturated carbocycles. The number of benzene rings is 1. The number of rotatable bonds is 2. The lowest BCUT2D eigenvalue weighted by atomic mass is 10.1. The minimum atomic E-state index is -0.0113. The first-order chi connectivity index (χ1) is 12.6. The normalized spacial score (nSPS) is 14.7. The van der Waals surface area contributed by atoms with Crippen LogP contribution in [0.5, 0.6) is 0 Å². The lowest BCUT2D eigenvalue weighted by molar-refractivity contribution is 0.0536. The average molecular weight is 348 g/mol. The molecule has 1 aliphatic rings. The number of pyridine rings is 1. The van der Waals surface area contributed by atoms with E-state index in [-0.39, 0.29) is 11.8 Å². The first-order valence-corrected chi connectivity index (χ1v) is 8.71. The van der Waals surface area contributed by atoms with E-state index >= 15 is 0 Å². The Balaban J connectivity index is 1.48. The molecule has 2 amide bonds. The lowest BCUT2D eigenvalue weighted by Gasteiger charge is -2.35. The molecule has 0 bridgehead atoms. The molecule has 6 heteroatoms. The van der Waals surface area contributed by atoms with Crippen LogP contribution < -0.4 is 0 Å². The number of carbonyl (C=O) groups excluding carboxylic acids is 2. The first kappa shape index (κ1) is 16.3. The fourth-order valence-corrected chi connectivity index (χ4v) is 3.50. The van der Waals surface area contributed by atoms with E-state index in [1.54, 1.807) is 29.4 Å². The van der Waals surface area contributed by atoms with Crippen LogP contribution in [0.3, 0.4) is 0 Å². The average Bonchev–Trinajstić information content (AvgIpc) is 3.03. The van der Waals surface area contributed by atoms with Crippen molar-refractivity contribution in [1.29, 1.82) is 0 Å². The third kappa shape index (κ3) is 2.83. The number of hydrogen-bond donors (Lipinski definition) is 1. The van der Waals surface area contributed by atoms with E-state index in [0.717, 1.165) is 22.2 Å². The summed E-state index contributed by atoms with van der Waals surface area (Å²) in [5.74, 6) is 0.0127. The lowest BCUT2D eigenvalue weighted by Crippen LogP contribution is -2.50. The molecule has 26 heavy (non-hydrogen) atoms. The third-order valence-electron chi connectivity index (χ3n) is 4.89. The molecular formula is C20H20N4O2. The van der Waals surface area contributed by atoms with Crippen LogP contribution in [-0.2, 0) is 0 Å². The molecule has 0 atom stereocenters. The van der Waals surface area contributed by atoms with Gasteiger partial charge in [-0.05, 0) is 25.1 Å². The van der Waals surface area contributed by atoms with E-state index in [0.29, 0.717) is 31.7 Å². The van der Waals surface area contributed by atoms with Crippen LogP contribution in [0.25, 0.3) is 10.9 Å². The molecule has 0 spiro atoms. The molecule has 1 N–H and O–H groups in total. The van der Waals surface area contributed by atoms with Crippen molar-refractivity contribution in [3.8, 4) is 0 Å². The summed E-state index contributed by atoms with van der Waals surface area (Å²) in [5.41, 5.74) is 3.22. The fourth-order valence-electron chi connectivity index (χ4n) is 3.50. The number of hydrogen-bond acceptors (Lipinski definition) is 3. The molecule has 1 saturated heterocycles. The molecule has 0 radical (unpaired) electrons. The van der Waals surface area contributed by atoms with E-state index in [9.17, 15) is 9.59 Å². The molecule has 0 aliphatic carbocycles. The van der Waals surface area contributed by atoms with Crippen LogP contribution in [-0.4, -0.2) is 57.8 Å². The highest BCUT2D eigenvalue weighted by Crippen LogP contribution is 2.24. The van der Waals surface area contributed by atoms with Gasteiger partial charge < -0.3 is 14.8 Å². The molecule has 1 fully saturated rings. The number of para-hydroxylation sites is 1. The predicted octanol–water partition coefficient (Wildman–Crippen LogP) is 2.47. The second kappa shape index (κ2) is 6.63. The van der Waals surface area contributed by atoms with E-state index in [1.165, 1.54) is 0 Å². The Morgan fingerprint density at radius 3 is 2.23 bits per heavy atom. The number of H-pyrrole nitrogens is 1. The molecule has 1 aliphatic heterocycles. The van der Waals surface area contributed by atoms with Crippen molar-refractivity contribution in [2.24, 2.45) is 0 Å². The molecular weight excluding hydrogens is 328 g/mol. The van der Waals surface area contributed by atoms with Gasteiger partial charge in [-0.15, -0.1) is 0 Å². The van der Waals surface area contributed by atoms with Crippen LogP contribution in [0, 0.1) is 6.92 Å². The summed E-state index contributed by atoms with van der Waals surface area (Å²) in [6.45, 7) is 4.07. The number of carbonyl (C=O) groups is 2. The number of aromatic amines is 1. The second-order valence-corrected chi connectivity index (χ2v) is 6.49. The molecule has 1 aromatic carbocycles. The van der Waals surface area contributed by atoms with Crippen molar-refractivity contribution in [2.75, 3.05) is 26.2 Å². The molecule has 3 heterocycles. The summed E-state index contributed by atoms with van der Waals surface area (Å²) in [6, 6.07) is 11.3. The van der Waals surface area contributed by atoms with Crippen LogP contribution >= 0.6 is 0 Å². The number of nitrogens with one attached hydrogen (secondary N) is 1. The summed E-state index contributed by atoms with van der Waals surface area (Å²) in [7, 11) is 0. The summed E-state index contributed by atoms with van der Waals surface area (Å²) in [6.07, 6.45) is 3.24. The van der Waals surface area contributed by atoms with Crippen LogP contribution in [0.4, 0.5) is 0 Å². The Labute approximate surface area is 151 Å². The fraction of sp³-hybridized carbons (Fsp3) is 0.250. The largest absolute Gasteiger partial charge is 0.358 e. The number of amides is 2. The van der Waals surface area contributed by atoms with Gasteiger partial charge in [0.15, 0.2) is 0 Å². The van der Waals surface area contributed by atoms with Crippen molar-refractivity contribution in [1.82, 2.24) is 19.8 Å². The second-order valence-electron chi connectivity index (χ2n) is 6.49. The van der Waals surface area contributed by atoms with Gasteiger partial charge in [0, 0.05) is 60.7 Å². The Morgan fingerprint density at radius 1 is 0.923 bits per heavy atom. The van der Waals surface area contributed by atoms with Crippen molar-refractivity contribution in [3.05, 3.63) is 65.6 Å². The standard InChI is InChI=1S/C20H20N4O2/c1-14-18(16-4-2-3-5-17(16)22-14)20(26)24-12-10-23(11-13-24)19(25)15-6-8-21-9-7-15/h2-9,22H,10-13H2,1H3. The Morgan fingerprint density at radius 2 is 1.54 bits per heavy atom. The number of nitrogens with zero attached hydrogens (tertiary/aromatic N) is 3. The van der Waals surface area contributed by atoms with E-state index in [4.69, 9.17) is 0 Å². The predicted molar refractivity (Wildman–Crippen MR) is 99.1 cm³/mol. The van der Waals surface area contributed by atoms with E-state index in [2.05, 4.69) is 9.97 Å². The van der Waals surface area contributed by atoms with Crippen molar-refractivity contribution in [2.45, 2.75) is 6.92 Å². The van der Waals surface area contributed by atoms with Crippen molar-refractivity contribution in [3.63, 3.8) is 0 Å². The Hall–Kier alpha value is -3.15. The zero-order valence-corrected chi connectivity index (χ0v) is 14.6. The molecule has 4 rings (SSSR count). The van der Waals surface area contributed by atoms with E-state index < -0.39 is 0 Å². The summed E-state index contributed by atoms with van der Waals surface area (Å²) in [4.78, 5) is 36.4. The zero-order valence-electron chi connectivity index (χ0n) is 14.6. The molecule has 2 aromatic heterocycles. The maximum absolute atomic E-state index is 13.0. The maximum Gasteiger partial charge on any atom is 0.256 e. The maximum atomic E-state index is 13.0. The molecule has 0 unspecified atom stereocenters. The minimum Gasteiger partial charge on any atom is -0.358 e. The van der Waals surface area contributed by atoms with Gasteiger partial charge in [0.2, 0.25) is 0 Å². The highest BCUT2D eigenvalue weighted by molar-refractivity contribution is 6.08. The third-order valence-corrected chi connectivity index (χ3v) is 4.89. The zero-order chi connectivity index (χ0) is 18.1. The highest BCUT2D eigenvalue weighted by atomic mass is 16.2. The molecule has 132 valence electrons. The topological polar surface area (TPSA) is 69.3 Å². The first-order valence-electron chi connectivity index (χ1n) is 8.71. The number of fused-ring (bicyclic) bond motifs is 1. The number of aryl methyl sites for hydroxylation is 1. The smallest absolute Gasteiger partial charge is 0.256 e. The van der Waals surface area contributed by atoms with Gasteiger partial charge in [-0.3, -0.25) is 14.6 Å². The molecule has 6 nitrogen and oxygen atoms in total. The van der Waals surface area contributed by atoms with Gasteiger partial charge in [0.05, 0.1) is 5.56 Å². The van der Waals surface area contributed by atoms with Crippen LogP contribution in [0.2, 0.25) is 0 Å². The van der Waals surface area contributed by atoms with Gasteiger partial charge in [-0.2, -0.15) is 0 Å². The van der Waals surface area contributed by atoms with Gasteiger partial charge in [-0.25, -0.2) is 0 Å². The minimum absolute atomic E-state index is 0.0113. The van der Waals surface area contributed by atoms with Crippen molar-refractivity contribution >= 4 is 22.7 Å². The SMILES string of the molecule is Cc1[nH]c2ccccc2c1C(=O)N1CCN(C(=O)c2ccncc2)CC1. The van der Waals surface area contributed by atoms with E-state index in [1.807, 2.05) is 36.1 Å². The highest BCUT2D eigenvalue weighted by Gasteiger charge is 2.27. The number of aromatic nitrogens is 2. The number of piperazine rings is 1. The quantitative estimate of drug-likeness (QED) is 0.773. The summed E-state index contributed by atoms with van der Waals surface area (Å²) < 4.78 is 0. The molecule has 3 aromatic rings.